The van der Waals surface area contributed by atoms with E-state index in [1.54, 1.807) is 36.4 Å². The maximum absolute atomic E-state index is 12.2. The van der Waals surface area contributed by atoms with E-state index in [1.165, 1.54) is 14.2 Å². The molecular weight excluding hydrogens is 379 g/mol. The molecule has 0 aliphatic rings. The van der Waals surface area contributed by atoms with Crippen molar-refractivity contribution in [1.29, 1.82) is 0 Å². The van der Waals surface area contributed by atoms with Crippen LogP contribution in [0.4, 0.5) is 5.69 Å². The number of rotatable bonds is 7. The van der Waals surface area contributed by atoms with Gasteiger partial charge < -0.3 is 20.1 Å². The van der Waals surface area contributed by atoms with Gasteiger partial charge in [-0.3, -0.25) is 9.59 Å². The van der Waals surface area contributed by atoms with E-state index in [4.69, 9.17) is 32.7 Å². The molecule has 0 spiro atoms. The van der Waals surface area contributed by atoms with Crippen molar-refractivity contribution in [2.75, 3.05) is 26.1 Å². The number of hydrogen-bond acceptors (Lipinski definition) is 4. The van der Waals surface area contributed by atoms with Crippen molar-refractivity contribution in [1.82, 2.24) is 5.32 Å². The second-order valence-corrected chi connectivity index (χ2v) is 6.12. The molecule has 0 radical (unpaired) electrons. The number of carbonyl (C=O) groups excluding carboxylic acids is 2. The van der Waals surface area contributed by atoms with Crippen molar-refractivity contribution in [2.24, 2.45) is 0 Å². The van der Waals surface area contributed by atoms with E-state index in [1.807, 2.05) is 0 Å². The second kappa shape index (κ2) is 9.31. The van der Waals surface area contributed by atoms with E-state index in [0.717, 1.165) is 0 Å². The summed E-state index contributed by atoms with van der Waals surface area (Å²) in [5.74, 6) is 0.374. The van der Waals surface area contributed by atoms with E-state index in [2.05, 4.69) is 10.6 Å². The number of halogens is 2. The monoisotopic (exact) mass is 396 g/mol. The fraction of sp³-hybridized carbons (Fsp3) is 0.222. The molecule has 0 aromatic heterocycles. The predicted octanol–water partition coefficient (Wildman–Crippen LogP) is 3.77. The van der Waals surface area contributed by atoms with Crippen LogP contribution < -0.4 is 20.1 Å². The average Bonchev–Trinajstić information content (AvgIpc) is 2.64. The van der Waals surface area contributed by atoms with Crippen LogP contribution in [0.15, 0.2) is 36.4 Å². The second-order valence-electron chi connectivity index (χ2n) is 5.28. The minimum atomic E-state index is -0.337. The molecule has 0 atom stereocenters. The van der Waals surface area contributed by atoms with Gasteiger partial charge in [-0.25, -0.2) is 0 Å². The minimum Gasteiger partial charge on any atom is -0.497 e. The van der Waals surface area contributed by atoms with Crippen LogP contribution in [-0.2, 0) is 4.79 Å². The number of ether oxygens (including phenoxy) is 2. The van der Waals surface area contributed by atoms with Crippen LogP contribution in [0, 0.1) is 0 Å². The fourth-order valence-electron chi connectivity index (χ4n) is 2.14. The Morgan fingerprint density at radius 1 is 1.00 bits per heavy atom. The number of anilines is 1. The molecule has 8 heteroatoms. The van der Waals surface area contributed by atoms with Gasteiger partial charge in [-0.15, -0.1) is 0 Å². The Kier molecular flexibility index (Phi) is 7.12. The Morgan fingerprint density at radius 2 is 1.65 bits per heavy atom. The van der Waals surface area contributed by atoms with Crippen LogP contribution in [0.25, 0.3) is 0 Å². The summed E-state index contributed by atoms with van der Waals surface area (Å²) in [6.07, 6.45) is 0.0791. The van der Waals surface area contributed by atoms with E-state index in [0.29, 0.717) is 32.8 Å². The SMILES string of the molecule is COc1cc(OC)cc(C(=O)NCCC(=O)Nc2cc(Cl)ccc2Cl)c1. The standard InChI is InChI=1S/C18H18Cl2N2O4/c1-25-13-7-11(8-14(10-13)26-2)18(24)21-6-5-17(23)22-16-9-12(19)3-4-15(16)20/h3-4,7-10H,5-6H2,1-2H3,(H,21,24)(H,22,23). The zero-order valence-corrected chi connectivity index (χ0v) is 15.8. The van der Waals surface area contributed by atoms with Crippen molar-refractivity contribution in [2.45, 2.75) is 6.42 Å². The molecule has 26 heavy (non-hydrogen) atoms. The lowest BCUT2D eigenvalue weighted by Crippen LogP contribution is -2.27. The highest BCUT2D eigenvalue weighted by Crippen LogP contribution is 2.25. The number of benzene rings is 2. The third-order valence-electron chi connectivity index (χ3n) is 3.45. The van der Waals surface area contributed by atoms with Gasteiger partial charge in [0.25, 0.3) is 5.91 Å². The van der Waals surface area contributed by atoms with Crippen LogP contribution in [0.2, 0.25) is 10.0 Å². The summed E-state index contributed by atoms with van der Waals surface area (Å²) in [5, 5.41) is 6.18. The Labute approximate surface area is 161 Å². The largest absolute Gasteiger partial charge is 0.497 e. The molecule has 2 aromatic rings. The third kappa shape index (κ3) is 5.54. The van der Waals surface area contributed by atoms with Gasteiger partial charge in [-0.05, 0) is 30.3 Å². The maximum atomic E-state index is 12.2. The number of methoxy groups -OCH3 is 2. The molecule has 2 N–H and O–H groups in total. The number of carbonyl (C=O) groups is 2. The van der Waals surface area contributed by atoms with Crippen molar-refractivity contribution in [3.63, 3.8) is 0 Å². The predicted molar refractivity (Wildman–Crippen MR) is 102 cm³/mol. The molecule has 2 amide bonds. The lowest BCUT2D eigenvalue weighted by molar-refractivity contribution is -0.116. The molecule has 0 fully saturated rings. The van der Waals surface area contributed by atoms with Gasteiger partial charge in [0.1, 0.15) is 11.5 Å². The molecule has 0 saturated heterocycles. The lowest BCUT2D eigenvalue weighted by atomic mass is 10.2. The molecule has 138 valence electrons. The van der Waals surface area contributed by atoms with Gasteiger partial charge in [0, 0.05) is 29.6 Å². The number of hydrogen-bond donors (Lipinski definition) is 2. The highest BCUT2D eigenvalue weighted by Gasteiger charge is 2.11. The van der Waals surface area contributed by atoms with Crippen LogP contribution in [0.1, 0.15) is 16.8 Å². The molecule has 2 rings (SSSR count). The molecule has 0 saturated carbocycles. The molecular formula is C18H18Cl2N2O4. The summed E-state index contributed by atoms with van der Waals surface area (Å²) >= 11 is 11.9. The first-order valence-corrected chi connectivity index (χ1v) is 8.44. The normalized spacial score (nSPS) is 10.2. The third-order valence-corrected chi connectivity index (χ3v) is 4.02. The summed E-state index contributed by atoms with van der Waals surface area (Å²) in [7, 11) is 3.00. The number of nitrogens with one attached hydrogen (secondary N) is 2. The first-order valence-electron chi connectivity index (χ1n) is 7.69. The van der Waals surface area contributed by atoms with E-state index < -0.39 is 0 Å². The topological polar surface area (TPSA) is 76.7 Å². The first-order chi connectivity index (χ1) is 12.4. The van der Waals surface area contributed by atoms with Crippen molar-refractivity contribution in [3.8, 4) is 11.5 Å². The van der Waals surface area contributed by atoms with Gasteiger partial charge in [-0.1, -0.05) is 23.2 Å². The van der Waals surface area contributed by atoms with E-state index >= 15 is 0 Å². The Balaban J connectivity index is 1.90. The smallest absolute Gasteiger partial charge is 0.251 e. The summed E-state index contributed by atoms with van der Waals surface area (Å²) in [5.41, 5.74) is 0.799. The Morgan fingerprint density at radius 3 is 2.27 bits per heavy atom. The zero-order chi connectivity index (χ0) is 19.1. The van der Waals surface area contributed by atoms with Gasteiger partial charge >= 0.3 is 0 Å². The first kappa shape index (κ1) is 19.9. The molecule has 0 heterocycles. The van der Waals surface area contributed by atoms with Gasteiger partial charge in [-0.2, -0.15) is 0 Å². The summed E-state index contributed by atoms with van der Waals surface area (Å²) in [4.78, 5) is 24.2. The molecule has 0 unspecified atom stereocenters. The summed E-state index contributed by atoms with van der Waals surface area (Å²) in [6.45, 7) is 0.155. The zero-order valence-electron chi connectivity index (χ0n) is 14.3. The average molecular weight is 397 g/mol. The van der Waals surface area contributed by atoms with Crippen LogP contribution >= 0.6 is 23.2 Å². The molecule has 0 bridgehead atoms. The molecule has 0 aliphatic carbocycles. The Hall–Kier alpha value is -2.44. The van der Waals surface area contributed by atoms with Crippen molar-refractivity contribution >= 4 is 40.7 Å². The minimum absolute atomic E-state index is 0.0791. The highest BCUT2D eigenvalue weighted by atomic mass is 35.5. The fourth-order valence-corrected chi connectivity index (χ4v) is 2.47. The highest BCUT2D eigenvalue weighted by molar-refractivity contribution is 6.35. The quantitative estimate of drug-likeness (QED) is 0.746. The van der Waals surface area contributed by atoms with Crippen LogP contribution in [0.3, 0.4) is 0 Å². The molecule has 0 aliphatic heterocycles. The summed E-state index contributed by atoms with van der Waals surface area (Å²) in [6, 6.07) is 9.62. The van der Waals surface area contributed by atoms with Gasteiger partial charge in [0.05, 0.1) is 24.9 Å². The number of amides is 2. The van der Waals surface area contributed by atoms with Crippen molar-refractivity contribution in [3.05, 3.63) is 52.0 Å². The lowest BCUT2D eigenvalue weighted by Gasteiger charge is -2.10. The molecule has 2 aromatic carbocycles. The maximum Gasteiger partial charge on any atom is 0.251 e. The summed E-state index contributed by atoms with van der Waals surface area (Å²) < 4.78 is 10.3. The van der Waals surface area contributed by atoms with Crippen LogP contribution in [-0.4, -0.2) is 32.6 Å². The van der Waals surface area contributed by atoms with Crippen LogP contribution in [0.5, 0.6) is 11.5 Å². The van der Waals surface area contributed by atoms with E-state index in [-0.39, 0.29) is 24.8 Å². The van der Waals surface area contributed by atoms with Crippen molar-refractivity contribution < 1.29 is 19.1 Å². The van der Waals surface area contributed by atoms with E-state index in [9.17, 15) is 9.59 Å². The Bertz CT molecular complexity index is 790. The molecule has 6 nitrogen and oxygen atoms in total. The van der Waals surface area contributed by atoms with Gasteiger partial charge in [0.15, 0.2) is 0 Å². The van der Waals surface area contributed by atoms with Gasteiger partial charge in [0.2, 0.25) is 5.91 Å².